The third-order valence-electron chi connectivity index (χ3n) is 1.74. The summed E-state index contributed by atoms with van der Waals surface area (Å²) in [7, 11) is 0. The predicted octanol–water partition coefficient (Wildman–Crippen LogP) is 1.70. The van der Waals surface area contributed by atoms with E-state index in [0.29, 0.717) is 4.59 Å². The van der Waals surface area contributed by atoms with Crippen molar-refractivity contribution >= 4 is 0 Å². The van der Waals surface area contributed by atoms with Crippen molar-refractivity contribution in [1.82, 2.24) is 0 Å². The molecule has 1 rings (SSSR count). The van der Waals surface area contributed by atoms with Crippen LogP contribution < -0.4 is 0 Å². The predicted molar refractivity (Wildman–Crippen MR) is 35.3 cm³/mol. The minimum atomic E-state index is 0.667. The number of hydrogen-bond donors (Lipinski definition) is 0. The Balaban J connectivity index is 2.69. The van der Waals surface area contributed by atoms with Gasteiger partial charge in [0.15, 0.2) is 0 Å². The van der Waals surface area contributed by atoms with E-state index < -0.39 is 0 Å². The third-order valence-corrected chi connectivity index (χ3v) is 1.74. The van der Waals surface area contributed by atoms with Crippen molar-refractivity contribution in [2.45, 2.75) is 13.8 Å². The monoisotopic (exact) mass is 126 g/mol. The summed E-state index contributed by atoms with van der Waals surface area (Å²) in [4.78, 5) is 0. The van der Waals surface area contributed by atoms with Gasteiger partial charge in [0.05, 0.1) is 0 Å². The topological polar surface area (TPSA) is 24.7 Å². The molecule has 9 heavy (non-hydrogen) atoms. The second-order valence-corrected chi connectivity index (χ2v) is 2.12. The van der Waals surface area contributed by atoms with Crippen molar-refractivity contribution < 1.29 is 4.59 Å². The van der Waals surface area contributed by atoms with Crippen LogP contribution in [0.5, 0.6) is 0 Å². The molecule has 0 atom stereocenters. The summed E-state index contributed by atoms with van der Waals surface area (Å²) in [6.45, 7) is 6.21. The minimum absolute atomic E-state index is 0.667. The molecule has 0 aliphatic carbocycles. The van der Waals surface area contributed by atoms with E-state index in [1.165, 1.54) is 0 Å². The molecule has 0 bridgehead atoms. The number of nitrogens with zero attached hydrogens (tertiary/aromatic N) is 3. The molecule has 1 heterocycles. The highest BCUT2D eigenvalue weighted by atomic mass is 15.7. The van der Waals surface area contributed by atoms with Gasteiger partial charge in [-0.1, -0.05) is 0 Å². The summed E-state index contributed by atoms with van der Waals surface area (Å²) in [6.07, 6.45) is 3.77. The van der Waals surface area contributed by atoms with E-state index in [1.807, 2.05) is 6.20 Å². The van der Waals surface area contributed by atoms with Gasteiger partial charge in [-0.3, -0.25) is 0 Å². The van der Waals surface area contributed by atoms with Crippen LogP contribution in [0.4, 0.5) is 0 Å². The van der Waals surface area contributed by atoms with E-state index in [9.17, 15) is 0 Å². The van der Waals surface area contributed by atoms with Crippen molar-refractivity contribution in [3.8, 4) is 0 Å². The summed E-state index contributed by atoms with van der Waals surface area (Å²) >= 11 is 0. The zero-order valence-corrected chi connectivity index (χ0v) is 5.91. The SMILES string of the molecule is CC[N+]1(CC)C=CN=N1. The van der Waals surface area contributed by atoms with Gasteiger partial charge in [-0.2, -0.15) is 4.59 Å². The van der Waals surface area contributed by atoms with Crippen LogP contribution >= 0.6 is 0 Å². The molecule has 0 saturated carbocycles. The van der Waals surface area contributed by atoms with Gasteiger partial charge in [-0.05, 0) is 13.8 Å². The molecule has 1 aliphatic rings. The first-order chi connectivity index (χ1) is 4.33. The number of rotatable bonds is 2. The molecule has 3 nitrogen and oxygen atoms in total. The molecule has 0 aromatic rings. The second-order valence-electron chi connectivity index (χ2n) is 2.12. The first kappa shape index (κ1) is 6.42. The zero-order valence-electron chi connectivity index (χ0n) is 5.91. The molecule has 0 aromatic carbocycles. The molecule has 0 spiro atoms. The van der Waals surface area contributed by atoms with Gasteiger partial charge in [-0.15, -0.1) is 5.11 Å². The molecule has 0 amide bonds. The fourth-order valence-corrected chi connectivity index (χ4v) is 0.877. The van der Waals surface area contributed by atoms with Crippen molar-refractivity contribution in [2.75, 3.05) is 13.1 Å². The first-order valence-electron chi connectivity index (χ1n) is 3.30. The molecule has 0 fully saturated rings. The highest BCUT2D eigenvalue weighted by molar-refractivity contribution is 4.72. The average molecular weight is 126 g/mol. The molecule has 3 heteroatoms. The van der Waals surface area contributed by atoms with Crippen LogP contribution in [0.3, 0.4) is 0 Å². The maximum atomic E-state index is 4.06. The standard InChI is InChI=1S/C6H12N3/c1-3-9(4-2)6-5-7-8-9/h5-6H,3-4H2,1-2H3/q+1. The van der Waals surface area contributed by atoms with Gasteiger partial charge in [0.2, 0.25) is 0 Å². The Morgan fingerprint density at radius 1 is 1.33 bits per heavy atom. The van der Waals surface area contributed by atoms with Gasteiger partial charge >= 0.3 is 0 Å². The van der Waals surface area contributed by atoms with Gasteiger partial charge in [-0.25, -0.2) is 0 Å². The Bertz CT molecular complexity index is 130. The first-order valence-corrected chi connectivity index (χ1v) is 3.30. The third kappa shape index (κ3) is 1.00. The van der Waals surface area contributed by atoms with E-state index in [0.717, 1.165) is 13.1 Å². The molecule has 0 unspecified atom stereocenters. The van der Waals surface area contributed by atoms with Gasteiger partial charge in [0.25, 0.3) is 0 Å². The van der Waals surface area contributed by atoms with Crippen LogP contribution in [0.15, 0.2) is 22.7 Å². The molecule has 1 aliphatic heterocycles. The molecule has 0 N–H and O–H groups in total. The number of quaternary nitrogens is 1. The molecule has 50 valence electrons. The van der Waals surface area contributed by atoms with Crippen LogP contribution in [-0.4, -0.2) is 17.7 Å². The van der Waals surface area contributed by atoms with Gasteiger partial charge in [0, 0.05) is 5.22 Å². The van der Waals surface area contributed by atoms with Crippen LogP contribution in [0.25, 0.3) is 0 Å². The smallest absolute Gasteiger partial charge is 0.144 e. The summed E-state index contributed by atoms with van der Waals surface area (Å²) in [5.74, 6) is 0. The molecule has 0 aromatic heterocycles. The second kappa shape index (κ2) is 2.27. The highest BCUT2D eigenvalue weighted by Gasteiger charge is 2.22. The van der Waals surface area contributed by atoms with Crippen molar-refractivity contribution in [3.05, 3.63) is 12.4 Å². The minimum Gasteiger partial charge on any atom is -0.152 e. The summed E-state index contributed by atoms with van der Waals surface area (Å²) in [5.41, 5.74) is 0. The van der Waals surface area contributed by atoms with Crippen LogP contribution in [-0.2, 0) is 0 Å². The molecular formula is C6H12N3+. The maximum absolute atomic E-state index is 4.06. The van der Waals surface area contributed by atoms with Crippen molar-refractivity contribution in [1.29, 1.82) is 0 Å². The van der Waals surface area contributed by atoms with Crippen molar-refractivity contribution in [3.63, 3.8) is 0 Å². The molecule has 0 radical (unpaired) electrons. The maximum Gasteiger partial charge on any atom is 0.144 e. The normalized spacial score (nSPS) is 21.1. The Kier molecular flexibility index (Phi) is 1.62. The van der Waals surface area contributed by atoms with E-state index in [4.69, 9.17) is 0 Å². The average Bonchev–Trinajstić information content (AvgIpc) is 2.36. The van der Waals surface area contributed by atoms with Crippen molar-refractivity contribution in [2.24, 2.45) is 10.3 Å². The zero-order chi connectivity index (χ0) is 6.74. The molecular weight excluding hydrogens is 114 g/mol. The Labute approximate surface area is 55.3 Å². The largest absolute Gasteiger partial charge is 0.152 e. The Morgan fingerprint density at radius 3 is 2.22 bits per heavy atom. The quantitative estimate of drug-likeness (QED) is 0.503. The fourth-order valence-electron chi connectivity index (χ4n) is 0.877. The van der Waals surface area contributed by atoms with E-state index in [-0.39, 0.29) is 0 Å². The Hall–Kier alpha value is -0.700. The molecule has 0 saturated heterocycles. The van der Waals surface area contributed by atoms with Crippen LogP contribution in [0, 0.1) is 0 Å². The Morgan fingerprint density at radius 2 is 2.00 bits per heavy atom. The van der Waals surface area contributed by atoms with E-state index >= 15 is 0 Å². The summed E-state index contributed by atoms with van der Waals surface area (Å²) < 4.78 is 0.667. The lowest BCUT2D eigenvalue weighted by Gasteiger charge is -2.19. The van der Waals surface area contributed by atoms with Gasteiger partial charge < -0.3 is 0 Å². The van der Waals surface area contributed by atoms with E-state index in [1.54, 1.807) is 6.20 Å². The highest BCUT2D eigenvalue weighted by Crippen LogP contribution is 2.14. The summed E-state index contributed by atoms with van der Waals surface area (Å²) in [6, 6.07) is 0. The summed E-state index contributed by atoms with van der Waals surface area (Å²) in [5, 5.41) is 7.85. The van der Waals surface area contributed by atoms with Crippen LogP contribution in [0.2, 0.25) is 0 Å². The lowest BCUT2D eigenvalue weighted by atomic mass is 10.5. The van der Waals surface area contributed by atoms with Gasteiger partial charge in [0.1, 0.15) is 25.5 Å². The number of hydrogen-bond acceptors (Lipinski definition) is 2. The lowest BCUT2D eigenvalue weighted by molar-refractivity contribution is -0.883. The lowest BCUT2D eigenvalue weighted by Crippen LogP contribution is -2.34. The fraction of sp³-hybridized carbons (Fsp3) is 0.667. The van der Waals surface area contributed by atoms with E-state index in [2.05, 4.69) is 24.2 Å². The van der Waals surface area contributed by atoms with Crippen LogP contribution in [0.1, 0.15) is 13.8 Å².